The molecule has 0 saturated heterocycles. The topological polar surface area (TPSA) is 116 Å². The summed E-state index contributed by atoms with van der Waals surface area (Å²) in [5.74, 6) is -0.598. The van der Waals surface area contributed by atoms with Crippen LogP contribution < -0.4 is 0 Å². The van der Waals surface area contributed by atoms with Gasteiger partial charge < -0.3 is 24.9 Å². The molecule has 0 heterocycles. The number of unbranched alkanes of at least 4 members (excludes halogenated alkanes) is 4. The number of aryl methyl sites for hydroxylation is 1. The molecule has 37 heavy (non-hydrogen) atoms. The quantitative estimate of drug-likeness (QED) is 0.0924. The normalized spacial score (nSPS) is 12.5. The van der Waals surface area contributed by atoms with Gasteiger partial charge in [0.15, 0.2) is 0 Å². The molecule has 1 aromatic rings. The summed E-state index contributed by atoms with van der Waals surface area (Å²) in [5, 5.41) is 39.6. The Labute approximate surface area is 225 Å². The average Bonchev–Trinajstić information content (AvgIpc) is 2.94. The first-order valence-electron chi connectivity index (χ1n) is 14.3. The molecule has 1 rings (SSSR count). The van der Waals surface area contributed by atoms with E-state index in [4.69, 9.17) is 9.99 Å². The van der Waals surface area contributed by atoms with Crippen molar-refractivity contribution >= 4 is 5.97 Å². The molecule has 0 saturated carbocycles. The summed E-state index contributed by atoms with van der Waals surface area (Å²) in [4.78, 5) is 14.0. The van der Waals surface area contributed by atoms with Crippen molar-refractivity contribution in [1.29, 1.82) is 0 Å². The average molecular weight is 527 g/mol. The summed E-state index contributed by atoms with van der Waals surface area (Å²) in [7, 11) is 0. The minimum Gasteiger partial charge on any atom is -0.395 e. The van der Waals surface area contributed by atoms with Crippen LogP contribution in [0.15, 0.2) is 30.3 Å². The molecule has 216 valence electrons. The maximum Gasteiger partial charge on any atom is 0.342 e. The Morgan fingerprint density at radius 1 is 0.865 bits per heavy atom. The fraction of sp³-hybridized carbons (Fsp3) is 0.767. The SMILES string of the molecule is CCCCOC(CCCC)(CCCC)C(CO)(CO)C(O)CCCC.O=C(CCc1ccccc1)OO. The van der Waals surface area contributed by atoms with Gasteiger partial charge in [-0.05, 0) is 37.7 Å². The van der Waals surface area contributed by atoms with Crippen LogP contribution >= 0.6 is 0 Å². The summed E-state index contributed by atoms with van der Waals surface area (Å²) in [6.45, 7) is 8.64. The van der Waals surface area contributed by atoms with E-state index in [1.165, 1.54) is 0 Å². The largest absolute Gasteiger partial charge is 0.395 e. The first-order valence-corrected chi connectivity index (χ1v) is 14.3. The minimum absolute atomic E-state index is 0.209. The zero-order chi connectivity index (χ0) is 28.0. The van der Waals surface area contributed by atoms with Crippen LogP contribution in [0.25, 0.3) is 0 Å². The van der Waals surface area contributed by atoms with Gasteiger partial charge in [-0.15, -0.1) is 0 Å². The second-order valence-electron chi connectivity index (χ2n) is 9.98. The Hall–Kier alpha value is -1.51. The van der Waals surface area contributed by atoms with Crippen LogP contribution in [0.1, 0.15) is 110 Å². The van der Waals surface area contributed by atoms with Gasteiger partial charge in [0.2, 0.25) is 0 Å². The third kappa shape index (κ3) is 12.3. The van der Waals surface area contributed by atoms with E-state index in [0.717, 1.165) is 69.8 Å². The molecular formula is C30H54O7. The molecule has 0 aliphatic rings. The first-order chi connectivity index (χ1) is 17.9. The Bertz CT molecular complexity index is 653. The highest BCUT2D eigenvalue weighted by Crippen LogP contribution is 2.46. The lowest BCUT2D eigenvalue weighted by atomic mass is 9.63. The molecule has 0 spiro atoms. The second kappa shape index (κ2) is 21.4. The Morgan fingerprint density at radius 3 is 1.86 bits per heavy atom. The lowest BCUT2D eigenvalue weighted by molar-refractivity contribution is -0.234. The van der Waals surface area contributed by atoms with Crippen LogP contribution in [-0.2, 0) is 20.8 Å². The highest BCUT2D eigenvalue weighted by atomic mass is 17.1. The standard InChI is InChI=1S/C21H44O4.C9H10O3/c1-5-9-13-19(24)20(17-22,18-23)21(14-10-6-2,15-11-7-3)25-16-12-8-4;10-9(12-11)7-6-8-4-2-1-3-5-8/h19,22-24H,5-18H2,1-4H3;1-5,11H,6-7H2. The molecule has 1 atom stereocenters. The van der Waals surface area contributed by atoms with Crippen LogP contribution in [0.5, 0.6) is 0 Å². The Kier molecular flexibility index (Phi) is 20.6. The van der Waals surface area contributed by atoms with Crippen molar-refractivity contribution in [1.82, 2.24) is 0 Å². The molecule has 0 aliphatic carbocycles. The smallest absolute Gasteiger partial charge is 0.342 e. The van der Waals surface area contributed by atoms with Crippen LogP contribution in [0.3, 0.4) is 0 Å². The van der Waals surface area contributed by atoms with E-state index in [-0.39, 0.29) is 19.6 Å². The van der Waals surface area contributed by atoms with Gasteiger partial charge in [0, 0.05) is 6.61 Å². The highest BCUT2D eigenvalue weighted by molar-refractivity contribution is 5.68. The molecular weight excluding hydrogens is 472 g/mol. The monoisotopic (exact) mass is 526 g/mol. The third-order valence-electron chi connectivity index (χ3n) is 7.25. The second-order valence-corrected chi connectivity index (χ2v) is 9.98. The van der Waals surface area contributed by atoms with Crippen LogP contribution in [0.4, 0.5) is 0 Å². The number of aliphatic hydroxyl groups is 3. The van der Waals surface area contributed by atoms with E-state index in [0.29, 0.717) is 19.4 Å². The number of hydrogen-bond acceptors (Lipinski definition) is 7. The van der Waals surface area contributed by atoms with Gasteiger partial charge in [0.1, 0.15) is 0 Å². The molecule has 0 amide bonds. The summed E-state index contributed by atoms with van der Waals surface area (Å²) < 4.78 is 6.44. The zero-order valence-electron chi connectivity index (χ0n) is 23.8. The predicted molar refractivity (Wildman–Crippen MR) is 148 cm³/mol. The van der Waals surface area contributed by atoms with Crippen LogP contribution in [0, 0.1) is 5.41 Å². The molecule has 0 bridgehead atoms. The van der Waals surface area contributed by atoms with Crippen molar-refractivity contribution in [3.8, 4) is 0 Å². The van der Waals surface area contributed by atoms with Gasteiger partial charge in [0.25, 0.3) is 0 Å². The van der Waals surface area contributed by atoms with Gasteiger partial charge >= 0.3 is 5.97 Å². The number of carbonyl (C=O) groups is 1. The van der Waals surface area contributed by atoms with E-state index >= 15 is 0 Å². The van der Waals surface area contributed by atoms with Gasteiger partial charge in [-0.2, -0.15) is 5.26 Å². The molecule has 0 aromatic heterocycles. The van der Waals surface area contributed by atoms with Gasteiger partial charge in [0.05, 0.1) is 36.8 Å². The lowest BCUT2D eigenvalue weighted by Crippen LogP contribution is -2.61. The van der Waals surface area contributed by atoms with Gasteiger partial charge in [-0.1, -0.05) is 103 Å². The maximum absolute atomic E-state index is 11.0. The van der Waals surface area contributed by atoms with Crippen molar-refractivity contribution < 1.29 is 35.0 Å². The zero-order valence-corrected chi connectivity index (χ0v) is 23.8. The summed E-state index contributed by atoms with van der Waals surface area (Å²) in [6, 6.07) is 9.56. The van der Waals surface area contributed by atoms with Crippen molar-refractivity contribution in [3.63, 3.8) is 0 Å². The van der Waals surface area contributed by atoms with Crippen LogP contribution in [-0.4, -0.2) is 58.1 Å². The van der Waals surface area contributed by atoms with Crippen molar-refractivity contribution in [2.45, 2.75) is 123 Å². The number of rotatable bonds is 20. The Morgan fingerprint density at radius 2 is 1.41 bits per heavy atom. The maximum atomic E-state index is 11.0. The van der Waals surface area contributed by atoms with Gasteiger partial charge in [-0.3, -0.25) is 0 Å². The van der Waals surface area contributed by atoms with E-state index < -0.39 is 23.1 Å². The molecule has 1 aromatic carbocycles. The minimum atomic E-state index is -1.000. The molecule has 0 fully saturated rings. The van der Waals surface area contributed by atoms with Gasteiger partial charge in [-0.25, -0.2) is 4.79 Å². The lowest BCUT2D eigenvalue weighted by Gasteiger charge is -2.51. The summed E-state index contributed by atoms with van der Waals surface area (Å²) in [6.07, 6.45) is 10.1. The van der Waals surface area contributed by atoms with E-state index in [1.807, 2.05) is 30.3 Å². The van der Waals surface area contributed by atoms with E-state index in [2.05, 4.69) is 32.6 Å². The van der Waals surface area contributed by atoms with Crippen molar-refractivity contribution in [2.24, 2.45) is 5.41 Å². The molecule has 0 radical (unpaired) electrons. The predicted octanol–water partition coefficient (Wildman–Crippen LogP) is 6.08. The number of aliphatic hydroxyl groups excluding tert-OH is 3. The fourth-order valence-corrected chi connectivity index (χ4v) is 4.71. The van der Waals surface area contributed by atoms with Crippen molar-refractivity contribution in [3.05, 3.63) is 35.9 Å². The Balaban J connectivity index is 0.000000893. The highest BCUT2D eigenvalue weighted by Gasteiger charge is 2.55. The number of benzene rings is 1. The molecule has 1 unspecified atom stereocenters. The van der Waals surface area contributed by atoms with Crippen molar-refractivity contribution in [2.75, 3.05) is 19.8 Å². The molecule has 0 aliphatic heterocycles. The molecule has 7 heteroatoms. The number of ether oxygens (including phenoxy) is 1. The summed E-state index contributed by atoms with van der Waals surface area (Å²) >= 11 is 0. The molecule has 7 nitrogen and oxygen atoms in total. The van der Waals surface area contributed by atoms with E-state index in [1.54, 1.807) is 0 Å². The molecule has 4 N–H and O–H groups in total. The first kappa shape index (κ1) is 35.5. The summed E-state index contributed by atoms with van der Waals surface area (Å²) in [5.41, 5.74) is -0.603. The number of hydrogen-bond donors (Lipinski definition) is 4. The van der Waals surface area contributed by atoms with E-state index in [9.17, 15) is 20.1 Å². The fourth-order valence-electron chi connectivity index (χ4n) is 4.71. The number of carbonyl (C=O) groups excluding carboxylic acids is 1. The van der Waals surface area contributed by atoms with Crippen LogP contribution in [0.2, 0.25) is 0 Å². The third-order valence-corrected chi connectivity index (χ3v) is 7.25.